The van der Waals surface area contributed by atoms with Gasteiger partial charge in [0.15, 0.2) is 5.11 Å². The molecule has 22 heavy (non-hydrogen) atoms. The van der Waals surface area contributed by atoms with Crippen LogP contribution in [-0.4, -0.2) is 16.1 Å². The van der Waals surface area contributed by atoms with Crippen LogP contribution in [0.25, 0.3) is 0 Å². The number of halogens is 2. The number of hydrogen-bond donors (Lipinski definition) is 3. The van der Waals surface area contributed by atoms with E-state index in [4.69, 9.17) is 12.2 Å². The van der Waals surface area contributed by atoms with Crippen molar-refractivity contribution < 1.29 is 14.3 Å². The Labute approximate surface area is 140 Å². The highest BCUT2D eigenvalue weighted by Crippen LogP contribution is 2.30. The van der Waals surface area contributed by atoms with E-state index in [1.54, 1.807) is 19.1 Å². The Kier molecular flexibility index (Phi) is 5.10. The fourth-order valence-corrected chi connectivity index (χ4v) is 2.55. The molecule has 0 radical (unpaired) electrons. The number of anilines is 1. The topological polar surface area (TPSA) is 61.4 Å². The van der Waals surface area contributed by atoms with Crippen LogP contribution in [0.5, 0.6) is 5.75 Å². The molecule has 0 bridgehead atoms. The van der Waals surface area contributed by atoms with Crippen LogP contribution in [0.1, 0.15) is 15.9 Å². The first kappa shape index (κ1) is 16.4. The Morgan fingerprint density at radius 1 is 1.32 bits per heavy atom. The smallest absolute Gasteiger partial charge is 0.257 e. The van der Waals surface area contributed by atoms with Crippen molar-refractivity contribution in [1.29, 1.82) is 0 Å². The van der Waals surface area contributed by atoms with Gasteiger partial charge in [-0.3, -0.25) is 10.1 Å². The van der Waals surface area contributed by atoms with E-state index in [9.17, 15) is 14.3 Å². The van der Waals surface area contributed by atoms with Gasteiger partial charge in [0.05, 0.1) is 4.47 Å². The molecule has 4 nitrogen and oxygen atoms in total. The molecule has 3 N–H and O–H groups in total. The summed E-state index contributed by atoms with van der Waals surface area (Å²) in [5, 5.41) is 15.0. The number of aryl methyl sites for hydroxylation is 1. The average Bonchev–Trinajstić information content (AvgIpc) is 2.44. The van der Waals surface area contributed by atoms with E-state index in [-0.39, 0.29) is 16.4 Å². The first-order valence-electron chi connectivity index (χ1n) is 6.24. The Morgan fingerprint density at radius 2 is 2.05 bits per heavy atom. The van der Waals surface area contributed by atoms with Crippen molar-refractivity contribution in [2.24, 2.45) is 0 Å². The van der Waals surface area contributed by atoms with Gasteiger partial charge in [0.1, 0.15) is 11.6 Å². The van der Waals surface area contributed by atoms with Crippen LogP contribution in [0.4, 0.5) is 10.1 Å². The zero-order valence-electron chi connectivity index (χ0n) is 11.5. The first-order valence-corrected chi connectivity index (χ1v) is 7.44. The van der Waals surface area contributed by atoms with E-state index in [0.717, 1.165) is 6.07 Å². The maximum atomic E-state index is 13.1. The summed E-state index contributed by atoms with van der Waals surface area (Å²) in [7, 11) is 0. The van der Waals surface area contributed by atoms with E-state index in [1.807, 2.05) is 0 Å². The molecule has 7 heteroatoms. The van der Waals surface area contributed by atoms with Crippen molar-refractivity contribution in [2.75, 3.05) is 5.32 Å². The third-order valence-electron chi connectivity index (χ3n) is 2.83. The van der Waals surface area contributed by atoms with Gasteiger partial charge in [-0.2, -0.15) is 0 Å². The molecular weight excluding hydrogens is 371 g/mol. The van der Waals surface area contributed by atoms with Crippen molar-refractivity contribution >= 4 is 44.9 Å². The predicted molar refractivity (Wildman–Crippen MR) is 90.6 cm³/mol. The number of amides is 1. The van der Waals surface area contributed by atoms with E-state index in [2.05, 4.69) is 26.6 Å². The number of aromatic hydroxyl groups is 1. The highest BCUT2D eigenvalue weighted by atomic mass is 79.9. The molecule has 0 aliphatic rings. The third kappa shape index (κ3) is 4.02. The van der Waals surface area contributed by atoms with Gasteiger partial charge in [-0.1, -0.05) is 6.07 Å². The van der Waals surface area contributed by atoms with Gasteiger partial charge in [-0.15, -0.1) is 0 Å². The fraction of sp³-hybridized carbons (Fsp3) is 0.0667. The summed E-state index contributed by atoms with van der Waals surface area (Å²) in [5.41, 5.74) is 1.43. The van der Waals surface area contributed by atoms with E-state index in [1.165, 1.54) is 18.2 Å². The maximum Gasteiger partial charge on any atom is 0.257 e. The molecule has 114 valence electrons. The molecule has 0 aliphatic heterocycles. The molecule has 0 aliphatic carbocycles. The van der Waals surface area contributed by atoms with Crippen molar-refractivity contribution in [3.05, 3.63) is 57.8 Å². The van der Waals surface area contributed by atoms with Crippen LogP contribution in [0.15, 0.2) is 40.9 Å². The zero-order chi connectivity index (χ0) is 16.3. The first-order chi connectivity index (χ1) is 10.4. The van der Waals surface area contributed by atoms with Gasteiger partial charge < -0.3 is 10.4 Å². The summed E-state index contributed by atoms with van der Waals surface area (Å²) in [6.07, 6.45) is 0. The molecule has 1 amide bonds. The number of phenolic OH excluding ortho intramolecular Hbond substituents is 1. The molecule has 2 aromatic rings. The Morgan fingerprint density at radius 3 is 2.68 bits per heavy atom. The number of carbonyl (C=O) groups excluding carboxylic acids is 1. The van der Waals surface area contributed by atoms with Gasteiger partial charge in [0, 0.05) is 11.3 Å². The minimum absolute atomic E-state index is 0.0752. The second-order valence-electron chi connectivity index (χ2n) is 4.54. The van der Waals surface area contributed by atoms with Gasteiger partial charge in [0.25, 0.3) is 5.91 Å². The number of rotatable bonds is 2. The summed E-state index contributed by atoms with van der Waals surface area (Å²) >= 11 is 8.27. The summed E-state index contributed by atoms with van der Waals surface area (Å²) in [6.45, 7) is 1.74. The normalized spacial score (nSPS) is 10.1. The van der Waals surface area contributed by atoms with Crippen LogP contribution >= 0.6 is 28.1 Å². The molecular formula is C15H12BrFN2O2S. The molecule has 0 saturated heterocycles. The molecule has 0 fully saturated rings. The van der Waals surface area contributed by atoms with E-state index >= 15 is 0 Å². The minimum Gasteiger partial charge on any atom is -0.506 e. The SMILES string of the molecule is Cc1cc(NC(=S)NC(=O)c2cccc(F)c2)cc(Br)c1O. The zero-order valence-corrected chi connectivity index (χ0v) is 13.9. The number of hydrogen-bond acceptors (Lipinski definition) is 3. The molecule has 2 rings (SSSR count). The van der Waals surface area contributed by atoms with Crippen LogP contribution in [0.3, 0.4) is 0 Å². The lowest BCUT2D eigenvalue weighted by Gasteiger charge is -2.11. The summed E-state index contributed by atoms with van der Waals surface area (Å²) in [6, 6.07) is 8.62. The summed E-state index contributed by atoms with van der Waals surface area (Å²) < 4.78 is 13.6. The van der Waals surface area contributed by atoms with Gasteiger partial charge in [-0.05, 0) is 71.0 Å². The second-order valence-corrected chi connectivity index (χ2v) is 5.80. The molecule has 2 aromatic carbocycles. The molecule has 0 spiro atoms. The standard InChI is InChI=1S/C15H12BrFN2O2S/c1-8-5-11(7-12(16)13(8)20)18-15(22)19-14(21)9-3-2-4-10(17)6-9/h2-7,20H,1H3,(H2,18,19,21,22). The number of carbonyl (C=O) groups is 1. The Hall–Kier alpha value is -1.99. The Bertz CT molecular complexity index is 729. The largest absolute Gasteiger partial charge is 0.506 e. The quantitative estimate of drug-likeness (QED) is 0.547. The maximum absolute atomic E-state index is 13.1. The molecule has 0 saturated carbocycles. The van der Waals surface area contributed by atoms with Crippen LogP contribution in [-0.2, 0) is 0 Å². The number of thiocarbonyl (C=S) groups is 1. The number of nitrogens with one attached hydrogen (secondary N) is 2. The summed E-state index contributed by atoms with van der Waals surface area (Å²) in [4.78, 5) is 11.9. The van der Waals surface area contributed by atoms with Gasteiger partial charge >= 0.3 is 0 Å². The Balaban J connectivity index is 2.06. The second kappa shape index (κ2) is 6.85. The highest BCUT2D eigenvalue weighted by molar-refractivity contribution is 9.10. The van der Waals surface area contributed by atoms with Crippen molar-refractivity contribution in [3.8, 4) is 5.75 Å². The highest BCUT2D eigenvalue weighted by Gasteiger charge is 2.10. The predicted octanol–water partition coefficient (Wildman–Crippen LogP) is 3.73. The lowest BCUT2D eigenvalue weighted by Crippen LogP contribution is -2.34. The van der Waals surface area contributed by atoms with Gasteiger partial charge in [0.2, 0.25) is 0 Å². The average molecular weight is 383 g/mol. The molecule has 0 heterocycles. The van der Waals surface area contributed by atoms with Crippen molar-refractivity contribution in [1.82, 2.24) is 5.32 Å². The monoisotopic (exact) mass is 382 g/mol. The minimum atomic E-state index is -0.508. The lowest BCUT2D eigenvalue weighted by atomic mass is 10.2. The van der Waals surface area contributed by atoms with Crippen molar-refractivity contribution in [2.45, 2.75) is 6.92 Å². The van der Waals surface area contributed by atoms with E-state index in [0.29, 0.717) is 15.7 Å². The molecule has 0 atom stereocenters. The van der Waals surface area contributed by atoms with Crippen molar-refractivity contribution in [3.63, 3.8) is 0 Å². The van der Waals surface area contributed by atoms with Crippen LogP contribution < -0.4 is 10.6 Å². The van der Waals surface area contributed by atoms with Crippen LogP contribution in [0.2, 0.25) is 0 Å². The van der Waals surface area contributed by atoms with Crippen LogP contribution in [0, 0.1) is 12.7 Å². The molecule has 0 aromatic heterocycles. The number of benzene rings is 2. The molecule has 0 unspecified atom stereocenters. The fourth-order valence-electron chi connectivity index (χ4n) is 1.78. The van der Waals surface area contributed by atoms with E-state index < -0.39 is 11.7 Å². The lowest BCUT2D eigenvalue weighted by molar-refractivity contribution is 0.0977. The van der Waals surface area contributed by atoms with Gasteiger partial charge in [-0.25, -0.2) is 4.39 Å². The third-order valence-corrected chi connectivity index (χ3v) is 3.63. The number of phenols is 1. The summed E-state index contributed by atoms with van der Waals surface area (Å²) in [5.74, 6) is -0.864.